The van der Waals surface area contributed by atoms with Crippen LogP contribution in [-0.4, -0.2) is 4.92 Å². The number of non-ortho nitro benzene ring substituents is 1. The normalized spacial score (nSPS) is 14.4. The highest BCUT2D eigenvalue weighted by Gasteiger charge is 2.06. The van der Waals surface area contributed by atoms with Crippen molar-refractivity contribution in [3.05, 3.63) is 46.2 Å². The quantitative estimate of drug-likeness (QED) is 0.625. The van der Waals surface area contributed by atoms with Crippen molar-refractivity contribution in [1.82, 2.24) is 5.48 Å². The zero-order valence-corrected chi connectivity index (χ0v) is 8.68. The average molecular weight is 220 g/mol. The number of hydrogen-bond donors (Lipinski definition) is 1. The number of hydrogen-bond acceptors (Lipinski definition) is 4. The highest BCUT2D eigenvalue weighted by Crippen LogP contribution is 2.18. The van der Waals surface area contributed by atoms with Gasteiger partial charge in [-0.3, -0.25) is 10.1 Å². The van der Waals surface area contributed by atoms with Crippen LogP contribution in [0.5, 0.6) is 5.75 Å². The molecule has 0 radical (unpaired) electrons. The van der Waals surface area contributed by atoms with Crippen molar-refractivity contribution in [1.29, 1.82) is 0 Å². The van der Waals surface area contributed by atoms with Gasteiger partial charge in [0.15, 0.2) is 5.75 Å². The summed E-state index contributed by atoms with van der Waals surface area (Å²) >= 11 is 0. The topological polar surface area (TPSA) is 64.4 Å². The summed E-state index contributed by atoms with van der Waals surface area (Å²) in [5.41, 5.74) is 3.97. The maximum atomic E-state index is 10.4. The number of allylic oxidation sites excluding steroid dienone is 2. The van der Waals surface area contributed by atoms with Gasteiger partial charge in [0.1, 0.15) is 0 Å². The van der Waals surface area contributed by atoms with Gasteiger partial charge in [-0.2, -0.15) is 0 Å². The molecule has 0 saturated heterocycles. The van der Waals surface area contributed by atoms with Crippen molar-refractivity contribution in [2.24, 2.45) is 0 Å². The molecule has 1 N–H and O–H groups in total. The van der Waals surface area contributed by atoms with Crippen LogP contribution in [0.25, 0.3) is 0 Å². The number of nitrogens with zero attached hydrogens (tertiary/aromatic N) is 1. The van der Waals surface area contributed by atoms with Gasteiger partial charge in [0.05, 0.1) is 4.92 Å². The monoisotopic (exact) mass is 220 g/mol. The van der Waals surface area contributed by atoms with Crippen LogP contribution in [0.3, 0.4) is 0 Å². The molecule has 0 spiro atoms. The summed E-state index contributed by atoms with van der Waals surface area (Å²) in [5, 5.41) is 10.4. The molecule has 5 nitrogen and oxygen atoms in total. The summed E-state index contributed by atoms with van der Waals surface area (Å²) < 4.78 is 0. The van der Waals surface area contributed by atoms with Gasteiger partial charge in [0.25, 0.3) is 5.69 Å². The van der Waals surface area contributed by atoms with E-state index >= 15 is 0 Å². The Hall–Kier alpha value is -2.04. The molecule has 0 fully saturated rings. The molecule has 1 aromatic rings. The zero-order valence-electron chi connectivity index (χ0n) is 8.68. The Morgan fingerprint density at radius 3 is 2.62 bits per heavy atom. The fourth-order valence-corrected chi connectivity index (χ4v) is 1.52. The van der Waals surface area contributed by atoms with E-state index < -0.39 is 4.92 Å². The van der Waals surface area contributed by atoms with Crippen molar-refractivity contribution < 1.29 is 9.76 Å². The van der Waals surface area contributed by atoms with E-state index in [2.05, 4.69) is 11.6 Å². The summed E-state index contributed by atoms with van der Waals surface area (Å²) in [6, 6.07) is 5.97. The SMILES string of the molecule is O=[N+]([O-])c1ccc(ONC2=CCCC2)cc1. The molecule has 0 bridgehead atoms. The first kappa shape index (κ1) is 10.5. The lowest BCUT2D eigenvalue weighted by Gasteiger charge is -2.08. The van der Waals surface area contributed by atoms with E-state index in [1.54, 1.807) is 12.1 Å². The van der Waals surface area contributed by atoms with Crippen LogP contribution in [0.15, 0.2) is 36.0 Å². The van der Waals surface area contributed by atoms with E-state index in [0.29, 0.717) is 5.75 Å². The van der Waals surface area contributed by atoms with E-state index in [9.17, 15) is 10.1 Å². The Bertz CT molecular complexity index is 412. The lowest BCUT2D eigenvalue weighted by molar-refractivity contribution is -0.384. The molecule has 16 heavy (non-hydrogen) atoms. The third-order valence-electron chi connectivity index (χ3n) is 2.39. The number of nitro groups is 1. The second-order valence-electron chi connectivity index (χ2n) is 3.58. The van der Waals surface area contributed by atoms with Crippen LogP contribution in [0, 0.1) is 10.1 Å². The summed E-state index contributed by atoms with van der Waals surface area (Å²) in [5.74, 6) is 0.568. The molecule has 0 unspecified atom stereocenters. The molecule has 84 valence electrons. The first-order valence-corrected chi connectivity index (χ1v) is 5.12. The minimum Gasteiger partial charge on any atom is -0.382 e. The highest BCUT2D eigenvalue weighted by molar-refractivity contribution is 5.35. The van der Waals surface area contributed by atoms with Gasteiger partial charge in [-0.15, -0.1) is 0 Å². The largest absolute Gasteiger partial charge is 0.382 e. The third kappa shape index (κ3) is 2.50. The van der Waals surface area contributed by atoms with Crippen molar-refractivity contribution in [2.75, 3.05) is 0 Å². The summed E-state index contributed by atoms with van der Waals surface area (Å²) in [6.07, 6.45) is 5.30. The molecule has 1 aliphatic carbocycles. The third-order valence-corrected chi connectivity index (χ3v) is 2.39. The first-order chi connectivity index (χ1) is 7.75. The lowest BCUT2D eigenvalue weighted by atomic mass is 10.3. The van der Waals surface area contributed by atoms with Crippen molar-refractivity contribution in [2.45, 2.75) is 19.3 Å². The van der Waals surface area contributed by atoms with Gasteiger partial charge in [0.2, 0.25) is 0 Å². The Labute approximate surface area is 92.8 Å². The van der Waals surface area contributed by atoms with Gasteiger partial charge in [-0.25, -0.2) is 5.48 Å². The molecule has 0 amide bonds. The van der Waals surface area contributed by atoms with Crippen LogP contribution in [0.4, 0.5) is 5.69 Å². The minimum absolute atomic E-state index is 0.0624. The Morgan fingerprint density at radius 1 is 1.31 bits per heavy atom. The molecular weight excluding hydrogens is 208 g/mol. The van der Waals surface area contributed by atoms with Gasteiger partial charge in [0, 0.05) is 17.8 Å². The number of hydroxylamine groups is 1. The maximum absolute atomic E-state index is 10.4. The van der Waals surface area contributed by atoms with E-state index in [1.807, 2.05) is 0 Å². The van der Waals surface area contributed by atoms with E-state index in [0.717, 1.165) is 25.0 Å². The molecule has 0 saturated carbocycles. The van der Waals surface area contributed by atoms with E-state index in [1.165, 1.54) is 12.1 Å². The predicted molar refractivity (Wildman–Crippen MR) is 58.8 cm³/mol. The molecule has 2 rings (SSSR count). The van der Waals surface area contributed by atoms with E-state index in [4.69, 9.17) is 4.84 Å². The fraction of sp³-hybridized carbons (Fsp3) is 0.273. The first-order valence-electron chi connectivity index (χ1n) is 5.12. The second-order valence-corrected chi connectivity index (χ2v) is 3.58. The molecule has 1 aliphatic rings. The van der Waals surface area contributed by atoms with E-state index in [-0.39, 0.29) is 5.69 Å². The lowest BCUT2D eigenvalue weighted by Crippen LogP contribution is -2.16. The van der Waals surface area contributed by atoms with Crippen LogP contribution in [0.1, 0.15) is 19.3 Å². The second kappa shape index (κ2) is 4.65. The molecule has 5 heteroatoms. The van der Waals surface area contributed by atoms with Crippen molar-refractivity contribution in [3.63, 3.8) is 0 Å². The summed E-state index contributed by atoms with van der Waals surface area (Å²) in [4.78, 5) is 15.3. The Kier molecular flexibility index (Phi) is 3.05. The average Bonchev–Trinajstić information content (AvgIpc) is 2.80. The molecule has 0 aromatic heterocycles. The van der Waals surface area contributed by atoms with Crippen molar-refractivity contribution in [3.8, 4) is 5.75 Å². The van der Waals surface area contributed by atoms with Crippen LogP contribution < -0.4 is 10.3 Å². The number of rotatable bonds is 4. The standard InChI is InChI=1S/C11H12N2O3/c14-13(15)10-5-7-11(8-6-10)16-12-9-3-1-2-4-9/h3,5-8,12H,1-2,4H2. The fourth-order valence-electron chi connectivity index (χ4n) is 1.52. The molecule has 0 atom stereocenters. The van der Waals surface area contributed by atoms with Crippen LogP contribution >= 0.6 is 0 Å². The summed E-state index contributed by atoms with van der Waals surface area (Å²) in [6.45, 7) is 0. The van der Waals surface area contributed by atoms with Crippen LogP contribution in [0.2, 0.25) is 0 Å². The number of benzene rings is 1. The zero-order chi connectivity index (χ0) is 11.4. The number of nitro benzene ring substituents is 1. The molecular formula is C11H12N2O3. The summed E-state index contributed by atoms with van der Waals surface area (Å²) in [7, 11) is 0. The molecule has 0 heterocycles. The molecule has 0 aliphatic heterocycles. The van der Waals surface area contributed by atoms with Gasteiger partial charge in [-0.05, 0) is 31.4 Å². The highest BCUT2D eigenvalue weighted by atomic mass is 16.6. The van der Waals surface area contributed by atoms with Crippen LogP contribution in [-0.2, 0) is 0 Å². The smallest absolute Gasteiger partial charge is 0.269 e. The Morgan fingerprint density at radius 2 is 2.06 bits per heavy atom. The maximum Gasteiger partial charge on any atom is 0.269 e. The van der Waals surface area contributed by atoms with Gasteiger partial charge < -0.3 is 4.84 Å². The van der Waals surface area contributed by atoms with Gasteiger partial charge in [-0.1, -0.05) is 6.08 Å². The predicted octanol–water partition coefficient (Wildman–Crippen LogP) is 2.55. The van der Waals surface area contributed by atoms with Gasteiger partial charge >= 0.3 is 0 Å². The minimum atomic E-state index is -0.434. The molecule has 1 aromatic carbocycles. The Balaban J connectivity index is 1.92. The van der Waals surface area contributed by atoms with Crippen molar-refractivity contribution >= 4 is 5.69 Å². The number of nitrogens with one attached hydrogen (secondary N) is 1.